The third-order valence-electron chi connectivity index (χ3n) is 2.45. The second kappa shape index (κ2) is 5.31. The van der Waals surface area contributed by atoms with Crippen LogP contribution in [0.5, 0.6) is 0 Å². The lowest BCUT2D eigenvalue weighted by molar-refractivity contribution is 0.0948. The molecule has 6 heteroatoms. The highest BCUT2D eigenvalue weighted by Crippen LogP contribution is 2.09. The third-order valence-corrected chi connectivity index (χ3v) is 2.45. The van der Waals surface area contributed by atoms with Crippen molar-refractivity contribution in [3.05, 3.63) is 41.9 Å². The zero-order valence-electron chi connectivity index (χ0n) is 10.0. The summed E-state index contributed by atoms with van der Waals surface area (Å²) in [5.74, 6) is 1.00. The van der Waals surface area contributed by atoms with Crippen LogP contribution in [0.1, 0.15) is 28.9 Å². The van der Waals surface area contributed by atoms with Crippen molar-refractivity contribution >= 4 is 11.6 Å². The van der Waals surface area contributed by atoms with Crippen LogP contribution in [0.2, 0.25) is 0 Å². The van der Waals surface area contributed by atoms with Gasteiger partial charge < -0.3 is 15.5 Å². The summed E-state index contributed by atoms with van der Waals surface area (Å²) in [7, 11) is 0. The van der Waals surface area contributed by atoms with Gasteiger partial charge in [-0.2, -0.15) is 0 Å². The summed E-state index contributed by atoms with van der Waals surface area (Å²) in [6.45, 7) is 2.21. The minimum Gasteiger partial charge on any atom is -0.444 e. The van der Waals surface area contributed by atoms with E-state index in [-0.39, 0.29) is 12.5 Å². The Hall–Kier alpha value is -2.37. The summed E-state index contributed by atoms with van der Waals surface area (Å²) in [5.41, 5.74) is 6.39. The van der Waals surface area contributed by atoms with Gasteiger partial charge in [0.25, 0.3) is 5.91 Å². The minimum atomic E-state index is -0.272. The molecule has 94 valence electrons. The van der Waals surface area contributed by atoms with Gasteiger partial charge in [-0.1, -0.05) is 6.92 Å². The van der Waals surface area contributed by atoms with E-state index in [0.29, 0.717) is 17.1 Å². The number of aryl methyl sites for hydroxylation is 1. The number of hydrogen-bond donors (Lipinski definition) is 2. The van der Waals surface area contributed by atoms with E-state index in [1.165, 1.54) is 12.4 Å². The molecule has 1 amide bonds. The summed E-state index contributed by atoms with van der Waals surface area (Å²) in [6, 6.07) is 1.57. The van der Waals surface area contributed by atoms with Crippen LogP contribution in [-0.2, 0) is 13.0 Å². The van der Waals surface area contributed by atoms with Gasteiger partial charge in [0.05, 0.1) is 30.2 Å². The van der Waals surface area contributed by atoms with E-state index in [4.69, 9.17) is 10.2 Å². The van der Waals surface area contributed by atoms with Crippen molar-refractivity contribution in [2.75, 3.05) is 5.73 Å². The summed E-state index contributed by atoms with van der Waals surface area (Å²) in [4.78, 5) is 19.7. The van der Waals surface area contributed by atoms with Gasteiger partial charge in [-0.15, -0.1) is 0 Å². The van der Waals surface area contributed by atoms with E-state index >= 15 is 0 Å². The number of amides is 1. The Morgan fingerprint density at radius 3 is 3.00 bits per heavy atom. The van der Waals surface area contributed by atoms with Crippen molar-refractivity contribution in [2.45, 2.75) is 19.9 Å². The maximum Gasteiger partial charge on any atom is 0.253 e. The monoisotopic (exact) mass is 246 g/mol. The quantitative estimate of drug-likeness (QED) is 0.843. The number of carbonyl (C=O) groups is 1. The molecule has 0 radical (unpaired) electrons. The molecule has 0 saturated carbocycles. The summed E-state index contributed by atoms with van der Waals surface area (Å²) >= 11 is 0. The number of oxazole rings is 1. The normalized spacial score (nSPS) is 10.3. The predicted molar refractivity (Wildman–Crippen MR) is 65.7 cm³/mol. The first-order valence-electron chi connectivity index (χ1n) is 5.62. The Kier molecular flexibility index (Phi) is 3.57. The maximum atomic E-state index is 11.8. The van der Waals surface area contributed by atoms with Crippen molar-refractivity contribution < 1.29 is 9.21 Å². The molecule has 2 aromatic rings. The molecular weight excluding hydrogens is 232 g/mol. The van der Waals surface area contributed by atoms with Crippen LogP contribution in [0.25, 0.3) is 0 Å². The highest BCUT2D eigenvalue weighted by atomic mass is 16.4. The first kappa shape index (κ1) is 12.1. The van der Waals surface area contributed by atoms with Crippen molar-refractivity contribution in [1.29, 1.82) is 0 Å². The molecule has 2 aromatic heterocycles. The number of nitrogens with zero attached hydrogens (tertiary/aromatic N) is 2. The lowest BCUT2D eigenvalue weighted by atomic mass is 10.2. The first-order valence-corrected chi connectivity index (χ1v) is 5.62. The number of aromatic nitrogens is 2. The molecular formula is C12H14N4O2. The Balaban J connectivity index is 1.98. The SMILES string of the molecule is CCc1cnc(CNC(=O)c2ccncc2N)o1. The predicted octanol–water partition coefficient (Wildman–Crippen LogP) is 1.14. The number of rotatable bonds is 4. The molecule has 0 spiro atoms. The van der Waals surface area contributed by atoms with Crippen LogP contribution >= 0.6 is 0 Å². The van der Waals surface area contributed by atoms with Crippen LogP contribution in [0.4, 0.5) is 5.69 Å². The average molecular weight is 246 g/mol. The van der Waals surface area contributed by atoms with Crippen LogP contribution in [-0.4, -0.2) is 15.9 Å². The smallest absolute Gasteiger partial charge is 0.253 e. The fourth-order valence-electron chi connectivity index (χ4n) is 1.46. The molecule has 2 heterocycles. The first-order chi connectivity index (χ1) is 8.70. The molecule has 0 aliphatic carbocycles. The molecule has 0 bridgehead atoms. The zero-order valence-corrected chi connectivity index (χ0v) is 10.0. The van der Waals surface area contributed by atoms with Crippen molar-refractivity contribution in [3.63, 3.8) is 0 Å². The molecule has 0 fully saturated rings. The van der Waals surface area contributed by atoms with Gasteiger partial charge in [-0.3, -0.25) is 9.78 Å². The van der Waals surface area contributed by atoms with E-state index in [2.05, 4.69) is 15.3 Å². The van der Waals surface area contributed by atoms with Crippen LogP contribution < -0.4 is 11.1 Å². The maximum absolute atomic E-state index is 11.8. The third kappa shape index (κ3) is 2.65. The number of nitrogens with two attached hydrogens (primary N) is 1. The molecule has 0 aliphatic heterocycles. The number of hydrogen-bond acceptors (Lipinski definition) is 5. The molecule has 3 N–H and O–H groups in total. The topological polar surface area (TPSA) is 94.0 Å². The van der Waals surface area contributed by atoms with Gasteiger partial charge in [0.1, 0.15) is 5.76 Å². The Morgan fingerprint density at radius 1 is 1.50 bits per heavy atom. The van der Waals surface area contributed by atoms with Crippen LogP contribution in [0, 0.1) is 0 Å². The number of anilines is 1. The van der Waals surface area contributed by atoms with Gasteiger partial charge in [-0.05, 0) is 6.07 Å². The average Bonchev–Trinajstić information content (AvgIpc) is 2.84. The van der Waals surface area contributed by atoms with Crippen LogP contribution in [0.3, 0.4) is 0 Å². The molecule has 18 heavy (non-hydrogen) atoms. The van der Waals surface area contributed by atoms with Gasteiger partial charge in [0.15, 0.2) is 0 Å². The number of nitrogen functional groups attached to an aromatic ring is 1. The molecule has 6 nitrogen and oxygen atoms in total. The van der Waals surface area contributed by atoms with E-state index in [1.807, 2.05) is 6.92 Å². The highest BCUT2D eigenvalue weighted by Gasteiger charge is 2.10. The van der Waals surface area contributed by atoms with Crippen LogP contribution in [0.15, 0.2) is 29.1 Å². The molecule has 0 unspecified atom stereocenters. The van der Waals surface area contributed by atoms with E-state index in [1.54, 1.807) is 12.3 Å². The van der Waals surface area contributed by atoms with Crippen molar-refractivity contribution in [2.24, 2.45) is 0 Å². The lowest BCUT2D eigenvalue weighted by Crippen LogP contribution is -2.24. The zero-order chi connectivity index (χ0) is 13.0. The number of carbonyl (C=O) groups excluding carboxylic acids is 1. The van der Waals surface area contributed by atoms with Gasteiger partial charge in [-0.25, -0.2) is 4.98 Å². The van der Waals surface area contributed by atoms with Crippen molar-refractivity contribution in [3.8, 4) is 0 Å². The second-order valence-electron chi connectivity index (χ2n) is 3.72. The summed E-state index contributed by atoms with van der Waals surface area (Å²) < 4.78 is 5.38. The summed E-state index contributed by atoms with van der Waals surface area (Å²) in [5, 5.41) is 2.69. The number of nitrogens with one attached hydrogen (secondary N) is 1. The second-order valence-corrected chi connectivity index (χ2v) is 3.72. The fourth-order valence-corrected chi connectivity index (χ4v) is 1.46. The number of pyridine rings is 1. The van der Waals surface area contributed by atoms with Gasteiger partial charge >= 0.3 is 0 Å². The highest BCUT2D eigenvalue weighted by molar-refractivity contribution is 5.98. The van der Waals surface area contributed by atoms with E-state index in [9.17, 15) is 4.79 Å². The largest absolute Gasteiger partial charge is 0.444 e. The minimum absolute atomic E-state index is 0.237. The molecule has 0 saturated heterocycles. The fraction of sp³-hybridized carbons (Fsp3) is 0.250. The van der Waals surface area contributed by atoms with Crippen molar-refractivity contribution in [1.82, 2.24) is 15.3 Å². The molecule has 0 aliphatic rings. The Bertz CT molecular complexity index is 551. The molecule has 0 atom stereocenters. The summed E-state index contributed by atoms with van der Waals surface area (Å²) in [6.07, 6.45) is 5.39. The standard InChI is InChI=1S/C12H14N4O2/c1-2-8-5-15-11(18-8)7-16-12(17)9-3-4-14-6-10(9)13/h3-6H,2,7,13H2,1H3,(H,16,17). The van der Waals surface area contributed by atoms with E-state index < -0.39 is 0 Å². The van der Waals surface area contributed by atoms with Gasteiger partial charge in [0.2, 0.25) is 5.89 Å². The molecule has 2 rings (SSSR count). The Morgan fingerprint density at radius 2 is 2.33 bits per heavy atom. The molecule has 0 aromatic carbocycles. The lowest BCUT2D eigenvalue weighted by Gasteiger charge is -2.04. The van der Waals surface area contributed by atoms with E-state index in [0.717, 1.165) is 12.2 Å². The van der Waals surface area contributed by atoms with Gasteiger partial charge in [0, 0.05) is 12.6 Å². The Labute approximate surface area is 104 Å².